The van der Waals surface area contributed by atoms with Gasteiger partial charge in [-0.3, -0.25) is 4.79 Å². The zero-order chi connectivity index (χ0) is 22.1. The molecule has 0 saturated heterocycles. The van der Waals surface area contributed by atoms with Crippen LogP contribution in [0.25, 0.3) is 33.7 Å². The average Bonchev–Trinajstić information content (AvgIpc) is 3.32. The Labute approximate surface area is 180 Å². The van der Waals surface area contributed by atoms with E-state index < -0.39 is 12.3 Å². The van der Waals surface area contributed by atoms with E-state index in [1.807, 2.05) is 54.6 Å². The zero-order valence-electron chi connectivity index (χ0n) is 16.7. The van der Waals surface area contributed by atoms with E-state index in [4.69, 9.17) is 4.42 Å². The van der Waals surface area contributed by atoms with Gasteiger partial charge >= 0.3 is 6.43 Å². The maximum Gasteiger partial charge on any atom is 0.314 e. The van der Waals surface area contributed by atoms with E-state index in [0.29, 0.717) is 23.3 Å². The minimum absolute atomic E-state index is 0.0183. The predicted octanol–water partition coefficient (Wildman–Crippen LogP) is 5.10. The molecule has 3 aromatic carbocycles. The van der Waals surface area contributed by atoms with E-state index in [9.17, 15) is 13.6 Å². The predicted molar refractivity (Wildman–Crippen MR) is 115 cm³/mol. The van der Waals surface area contributed by atoms with Crippen LogP contribution < -0.4 is 5.56 Å². The lowest BCUT2D eigenvalue weighted by atomic mass is 10.1. The first-order valence-corrected chi connectivity index (χ1v) is 9.86. The van der Waals surface area contributed by atoms with Crippen molar-refractivity contribution in [1.29, 1.82) is 0 Å². The van der Waals surface area contributed by atoms with Gasteiger partial charge < -0.3 is 8.98 Å². The van der Waals surface area contributed by atoms with Crippen LogP contribution >= 0.6 is 0 Å². The van der Waals surface area contributed by atoms with Gasteiger partial charge in [0.2, 0.25) is 5.89 Å². The molecular formula is C24H16F2N4O2. The first kappa shape index (κ1) is 19.7. The maximum absolute atomic E-state index is 13.3. The van der Waals surface area contributed by atoms with Crippen LogP contribution in [0.4, 0.5) is 8.78 Å². The number of fused-ring (bicyclic) bond motifs is 1. The standard InChI is InChI=1S/C24H16F2N4O2/c25-21(26)23-29-28-22(32-23)17-12-10-15(11-13-17)14-30-19-9-5-4-8-18(19)27-20(24(30)31)16-6-2-1-3-7-16/h1-13,21H,14H2. The van der Waals surface area contributed by atoms with E-state index >= 15 is 0 Å². The van der Waals surface area contributed by atoms with Gasteiger partial charge in [-0.2, -0.15) is 8.78 Å². The molecule has 0 bridgehead atoms. The number of nitrogens with zero attached hydrogens (tertiary/aromatic N) is 4. The Morgan fingerprint density at radius 3 is 2.28 bits per heavy atom. The summed E-state index contributed by atoms with van der Waals surface area (Å²) >= 11 is 0. The van der Waals surface area contributed by atoms with E-state index in [2.05, 4.69) is 15.2 Å². The van der Waals surface area contributed by atoms with E-state index in [1.165, 1.54) is 0 Å². The summed E-state index contributed by atoms with van der Waals surface area (Å²) in [4.78, 5) is 17.9. The average molecular weight is 430 g/mol. The van der Waals surface area contributed by atoms with Crippen LogP contribution in [0.2, 0.25) is 0 Å². The number of halogens is 2. The number of hydrogen-bond acceptors (Lipinski definition) is 5. The van der Waals surface area contributed by atoms with Crippen molar-refractivity contribution in [1.82, 2.24) is 19.7 Å². The van der Waals surface area contributed by atoms with Gasteiger partial charge in [-0.15, -0.1) is 10.2 Å². The van der Waals surface area contributed by atoms with Gasteiger partial charge in [0.1, 0.15) is 5.69 Å². The van der Waals surface area contributed by atoms with Crippen molar-refractivity contribution >= 4 is 11.0 Å². The number of rotatable bonds is 5. The first-order valence-electron chi connectivity index (χ1n) is 9.86. The molecule has 0 atom stereocenters. The molecule has 0 fully saturated rings. The van der Waals surface area contributed by atoms with Crippen LogP contribution in [0.5, 0.6) is 0 Å². The molecule has 6 nitrogen and oxygen atoms in total. The summed E-state index contributed by atoms with van der Waals surface area (Å²) in [6.45, 7) is 0.314. The fraction of sp³-hybridized carbons (Fsp3) is 0.0833. The summed E-state index contributed by atoms with van der Waals surface area (Å²) in [5, 5.41) is 7.01. The third kappa shape index (κ3) is 3.66. The molecule has 0 amide bonds. The fourth-order valence-corrected chi connectivity index (χ4v) is 3.51. The van der Waals surface area contributed by atoms with Crippen LogP contribution in [0.3, 0.4) is 0 Å². The third-order valence-electron chi connectivity index (χ3n) is 5.07. The summed E-state index contributed by atoms with van der Waals surface area (Å²) in [6.07, 6.45) is -2.82. The Morgan fingerprint density at radius 1 is 0.844 bits per heavy atom. The lowest BCUT2D eigenvalue weighted by Crippen LogP contribution is -2.24. The number of hydrogen-bond donors (Lipinski definition) is 0. The highest BCUT2D eigenvalue weighted by Crippen LogP contribution is 2.24. The molecule has 2 aromatic heterocycles. The summed E-state index contributed by atoms with van der Waals surface area (Å²) in [5.74, 6) is -0.697. The lowest BCUT2D eigenvalue weighted by Gasteiger charge is -2.13. The van der Waals surface area contributed by atoms with Crippen molar-refractivity contribution in [3.8, 4) is 22.7 Å². The number of benzene rings is 3. The Kier molecular flexibility index (Phi) is 5.03. The second kappa shape index (κ2) is 8.14. The van der Waals surface area contributed by atoms with E-state index in [-0.39, 0.29) is 11.4 Å². The molecule has 158 valence electrons. The summed E-state index contributed by atoms with van der Waals surface area (Å²) in [6, 6.07) is 23.8. The summed E-state index contributed by atoms with van der Waals surface area (Å²) in [5.41, 5.74) is 3.74. The third-order valence-corrected chi connectivity index (χ3v) is 5.07. The van der Waals surface area contributed by atoms with Crippen molar-refractivity contribution in [3.05, 3.63) is 101 Å². The van der Waals surface area contributed by atoms with Gasteiger partial charge in [-0.05, 0) is 29.8 Å². The normalized spacial score (nSPS) is 11.3. The zero-order valence-corrected chi connectivity index (χ0v) is 16.7. The molecule has 0 N–H and O–H groups in total. The van der Waals surface area contributed by atoms with Crippen LogP contribution in [-0.2, 0) is 6.54 Å². The molecule has 0 spiro atoms. The highest BCUT2D eigenvalue weighted by atomic mass is 19.3. The Bertz CT molecular complexity index is 1440. The largest absolute Gasteiger partial charge is 0.415 e. The maximum atomic E-state index is 13.3. The van der Waals surface area contributed by atoms with Crippen molar-refractivity contribution in [2.45, 2.75) is 13.0 Å². The molecule has 5 rings (SSSR count). The fourth-order valence-electron chi connectivity index (χ4n) is 3.51. The number of para-hydroxylation sites is 2. The molecule has 32 heavy (non-hydrogen) atoms. The molecule has 5 aromatic rings. The Balaban J connectivity index is 1.53. The molecule has 0 aliphatic rings. The topological polar surface area (TPSA) is 73.8 Å². The summed E-state index contributed by atoms with van der Waals surface area (Å²) in [7, 11) is 0. The van der Waals surface area contributed by atoms with Crippen LogP contribution in [0.15, 0.2) is 88.1 Å². The molecule has 0 saturated carbocycles. The second-order valence-corrected chi connectivity index (χ2v) is 7.15. The molecule has 0 radical (unpaired) electrons. The lowest BCUT2D eigenvalue weighted by molar-refractivity contribution is 0.116. The smallest absolute Gasteiger partial charge is 0.314 e. The van der Waals surface area contributed by atoms with Crippen molar-refractivity contribution in [2.75, 3.05) is 0 Å². The van der Waals surface area contributed by atoms with Gasteiger partial charge in [-0.1, -0.05) is 54.6 Å². The molecule has 2 heterocycles. The van der Waals surface area contributed by atoms with Gasteiger partial charge in [0.05, 0.1) is 17.6 Å². The highest BCUT2D eigenvalue weighted by molar-refractivity contribution is 5.78. The minimum Gasteiger partial charge on any atom is -0.415 e. The van der Waals surface area contributed by atoms with Crippen LogP contribution in [0.1, 0.15) is 17.9 Å². The molecule has 0 aliphatic heterocycles. The van der Waals surface area contributed by atoms with Crippen LogP contribution in [0, 0.1) is 0 Å². The number of aromatic nitrogens is 4. The molecule has 0 unspecified atom stereocenters. The van der Waals surface area contributed by atoms with E-state index in [0.717, 1.165) is 16.6 Å². The Morgan fingerprint density at radius 2 is 1.56 bits per heavy atom. The summed E-state index contributed by atoms with van der Waals surface area (Å²) < 4.78 is 32.1. The van der Waals surface area contributed by atoms with Gasteiger partial charge in [0.15, 0.2) is 0 Å². The minimum atomic E-state index is -2.82. The van der Waals surface area contributed by atoms with Gasteiger partial charge in [0, 0.05) is 11.1 Å². The van der Waals surface area contributed by atoms with Gasteiger partial charge in [0.25, 0.3) is 11.4 Å². The molecule has 0 aliphatic carbocycles. The SMILES string of the molecule is O=c1c(-c2ccccc2)nc2ccccc2n1Cc1ccc(-c2nnc(C(F)F)o2)cc1. The molecular weight excluding hydrogens is 414 g/mol. The Hall–Kier alpha value is -4.20. The second-order valence-electron chi connectivity index (χ2n) is 7.15. The van der Waals surface area contributed by atoms with Crippen molar-refractivity contribution < 1.29 is 13.2 Å². The van der Waals surface area contributed by atoms with Crippen LogP contribution in [-0.4, -0.2) is 19.7 Å². The monoisotopic (exact) mass is 430 g/mol. The van der Waals surface area contributed by atoms with Crippen molar-refractivity contribution in [2.24, 2.45) is 0 Å². The molecule has 8 heteroatoms. The highest BCUT2D eigenvalue weighted by Gasteiger charge is 2.17. The number of alkyl halides is 2. The first-order chi connectivity index (χ1) is 15.6. The van der Waals surface area contributed by atoms with E-state index in [1.54, 1.807) is 28.8 Å². The van der Waals surface area contributed by atoms with Crippen molar-refractivity contribution in [3.63, 3.8) is 0 Å². The quantitative estimate of drug-likeness (QED) is 0.388. The van der Waals surface area contributed by atoms with Gasteiger partial charge in [-0.25, -0.2) is 4.98 Å².